The van der Waals surface area contributed by atoms with Crippen molar-refractivity contribution in [1.82, 2.24) is 5.32 Å². The Hall–Kier alpha value is -2.70. The fourth-order valence-corrected chi connectivity index (χ4v) is 2.60. The summed E-state index contributed by atoms with van der Waals surface area (Å²) in [6, 6.07) is 16.8. The normalized spacial score (nSPS) is 12.3. The number of rotatable bonds is 8. The van der Waals surface area contributed by atoms with Crippen molar-refractivity contribution in [3.8, 4) is 0 Å². The molecule has 0 spiro atoms. The molecule has 0 fully saturated rings. The second kappa shape index (κ2) is 9.12. The summed E-state index contributed by atoms with van der Waals surface area (Å²) in [4.78, 5) is 24.6. The minimum Gasteiger partial charge on any atom is -0.453 e. The lowest BCUT2D eigenvalue weighted by Crippen LogP contribution is -2.42. The standard InChI is InChI=1S/C20H23NO5/c1-15(13-25-2)21-18(22)14-26-19(23)20(24,16-9-5-3-6-10-16)17-11-7-4-8-12-17/h3-12,15,24H,13-14H2,1-2H3,(H,21,22)/t15-/m0/s1. The van der Waals surface area contributed by atoms with Gasteiger partial charge < -0.3 is 19.9 Å². The number of carbonyl (C=O) groups is 2. The minimum atomic E-state index is -2.00. The third-order valence-corrected chi connectivity index (χ3v) is 3.84. The van der Waals surface area contributed by atoms with Gasteiger partial charge in [-0.1, -0.05) is 60.7 Å². The number of hydrogen-bond donors (Lipinski definition) is 2. The second-order valence-electron chi connectivity index (χ2n) is 5.94. The molecule has 0 unspecified atom stereocenters. The monoisotopic (exact) mass is 357 g/mol. The number of aliphatic hydroxyl groups is 1. The highest BCUT2D eigenvalue weighted by Gasteiger charge is 2.41. The Morgan fingerprint density at radius 1 is 1.04 bits per heavy atom. The Bertz CT molecular complexity index is 678. The molecule has 0 aliphatic heterocycles. The van der Waals surface area contributed by atoms with Gasteiger partial charge in [0.1, 0.15) is 0 Å². The Morgan fingerprint density at radius 2 is 1.54 bits per heavy atom. The van der Waals surface area contributed by atoms with Gasteiger partial charge in [-0.3, -0.25) is 4.79 Å². The van der Waals surface area contributed by atoms with E-state index in [1.165, 1.54) is 7.11 Å². The maximum atomic E-state index is 12.7. The molecule has 2 N–H and O–H groups in total. The van der Waals surface area contributed by atoms with Crippen molar-refractivity contribution < 1.29 is 24.2 Å². The predicted molar refractivity (Wildman–Crippen MR) is 96.3 cm³/mol. The third-order valence-electron chi connectivity index (χ3n) is 3.84. The molecule has 0 radical (unpaired) electrons. The number of benzene rings is 2. The predicted octanol–water partition coefficient (Wildman–Crippen LogP) is 1.62. The van der Waals surface area contributed by atoms with Crippen LogP contribution in [0.25, 0.3) is 0 Å². The van der Waals surface area contributed by atoms with Gasteiger partial charge >= 0.3 is 5.97 Å². The molecule has 6 heteroatoms. The SMILES string of the molecule is COC[C@H](C)NC(=O)COC(=O)C(O)(c1ccccc1)c1ccccc1. The number of amides is 1. The van der Waals surface area contributed by atoms with Crippen LogP contribution in [-0.4, -0.2) is 43.3 Å². The van der Waals surface area contributed by atoms with Gasteiger partial charge in [-0.05, 0) is 18.1 Å². The van der Waals surface area contributed by atoms with Crippen LogP contribution in [0.15, 0.2) is 60.7 Å². The smallest absolute Gasteiger partial charge is 0.348 e. The first-order chi connectivity index (χ1) is 12.5. The van der Waals surface area contributed by atoms with Crippen molar-refractivity contribution in [3.63, 3.8) is 0 Å². The molecule has 0 heterocycles. The molecule has 26 heavy (non-hydrogen) atoms. The topological polar surface area (TPSA) is 84.9 Å². The van der Waals surface area contributed by atoms with Crippen LogP contribution >= 0.6 is 0 Å². The summed E-state index contributed by atoms with van der Waals surface area (Å²) >= 11 is 0. The number of carbonyl (C=O) groups excluding carboxylic acids is 2. The average Bonchev–Trinajstić information content (AvgIpc) is 2.67. The van der Waals surface area contributed by atoms with E-state index in [0.717, 1.165) is 0 Å². The molecular weight excluding hydrogens is 334 g/mol. The Kier molecular flexibility index (Phi) is 6.89. The minimum absolute atomic E-state index is 0.215. The zero-order valence-electron chi connectivity index (χ0n) is 14.8. The fraction of sp³-hybridized carbons (Fsp3) is 0.300. The van der Waals surface area contributed by atoms with E-state index in [9.17, 15) is 14.7 Å². The number of methoxy groups -OCH3 is 1. The zero-order valence-corrected chi connectivity index (χ0v) is 14.8. The highest BCUT2D eigenvalue weighted by molar-refractivity contribution is 5.88. The molecule has 6 nitrogen and oxygen atoms in total. The van der Waals surface area contributed by atoms with Gasteiger partial charge in [0.05, 0.1) is 6.61 Å². The lowest BCUT2D eigenvalue weighted by Gasteiger charge is -2.27. The summed E-state index contributed by atoms with van der Waals surface area (Å²) < 4.78 is 10.1. The molecule has 2 aromatic rings. The van der Waals surface area contributed by atoms with Gasteiger partial charge in [0, 0.05) is 13.2 Å². The lowest BCUT2D eigenvalue weighted by atomic mass is 9.86. The van der Waals surface area contributed by atoms with E-state index >= 15 is 0 Å². The van der Waals surface area contributed by atoms with Crippen molar-refractivity contribution in [2.45, 2.75) is 18.6 Å². The van der Waals surface area contributed by atoms with Crippen LogP contribution in [0.1, 0.15) is 18.1 Å². The molecule has 2 aromatic carbocycles. The van der Waals surface area contributed by atoms with Crippen molar-refractivity contribution in [2.75, 3.05) is 20.3 Å². The van der Waals surface area contributed by atoms with Gasteiger partial charge in [-0.15, -0.1) is 0 Å². The zero-order chi connectivity index (χ0) is 19.0. The largest absolute Gasteiger partial charge is 0.453 e. The Morgan fingerprint density at radius 3 is 2.00 bits per heavy atom. The van der Waals surface area contributed by atoms with E-state index in [1.807, 2.05) is 0 Å². The van der Waals surface area contributed by atoms with Crippen LogP contribution in [0.5, 0.6) is 0 Å². The Balaban J connectivity index is 2.16. The molecule has 0 bridgehead atoms. The van der Waals surface area contributed by atoms with Gasteiger partial charge in [0.2, 0.25) is 5.60 Å². The highest BCUT2D eigenvalue weighted by Crippen LogP contribution is 2.30. The van der Waals surface area contributed by atoms with Crippen LogP contribution in [-0.2, 0) is 24.7 Å². The molecular formula is C20H23NO5. The summed E-state index contributed by atoms with van der Waals surface area (Å²) in [6.07, 6.45) is 0. The molecule has 0 aliphatic carbocycles. The summed E-state index contributed by atoms with van der Waals surface area (Å²) in [5.74, 6) is -1.38. The van der Waals surface area contributed by atoms with Crippen LogP contribution in [0.2, 0.25) is 0 Å². The maximum absolute atomic E-state index is 12.7. The van der Waals surface area contributed by atoms with E-state index in [-0.39, 0.29) is 6.04 Å². The van der Waals surface area contributed by atoms with Crippen molar-refractivity contribution in [1.29, 1.82) is 0 Å². The summed E-state index contributed by atoms with van der Waals surface area (Å²) in [5, 5.41) is 13.8. The first kappa shape index (κ1) is 19.6. The van der Waals surface area contributed by atoms with E-state index < -0.39 is 24.1 Å². The van der Waals surface area contributed by atoms with Crippen LogP contribution in [0.4, 0.5) is 0 Å². The van der Waals surface area contributed by atoms with Gasteiger partial charge in [-0.2, -0.15) is 0 Å². The molecule has 0 aliphatic rings. The fourth-order valence-electron chi connectivity index (χ4n) is 2.60. The highest BCUT2D eigenvalue weighted by atomic mass is 16.6. The molecule has 1 atom stereocenters. The molecule has 0 aromatic heterocycles. The summed E-state index contributed by atoms with van der Waals surface area (Å²) in [5.41, 5.74) is -1.27. The second-order valence-corrected chi connectivity index (χ2v) is 5.94. The van der Waals surface area contributed by atoms with Crippen LogP contribution in [0, 0.1) is 0 Å². The number of ether oxygens (including phenoxy) is 2. The molecule has 0 saturated heterocycles. The van der Waals surface area contributed by atoms with Gasteiger partial charge in [0.25, 0.3) is 5.91 Å². The molecule has 0 saturated carbocycles. The van der Waals surface area contributed by atoms with E-state index in [4.69, 9.17) is 9.47 Å². The number of nitrogens with one attached hydrogen (secondary N) is 1. The van der Waals surface area contributed by atoms with Gasteiger partial charge in [0.15, 0.2) is 6.61 Å². The average molecular weight is 357 g/mol. The third kappa shape index (κ3) is 4.68. The van der Waals surface area contributed by atoms with E-state index in [1.54, 1.807) is 67.6 Å². The summed E-state index contributed by atoms with van der Waals surface area (Å²) in [7, 11) is 1.53. The first-order valence-electron chi connectivity index (χ1n) is 8.27. The quantitative estimate of drug-likeness (QED) is 0.701. The lowest BCUT2D eigenvalue weighted by molar-refractivity contribution is -0.164. The maximum Gasteiger partial charge on any atom is 0.348 e. The first-order valence-corrected chi connectivity index (χ1v) is 8.27. The molecule has 1 amide bonds. The number of esters is 1. The van der Waals surface area contributed by atoms with E-state index in [0.29, 0.717) is 17.7 Å². The van der Waals surface area contributed by atoms with Gasteiger partial charge in [-0.25, -0.2) is 4.79 Å². The number of hydrogen-bond acceptors (Lipinski definition) is 5. The Labute approximate surface area is 152 Å². The van der Waals surface area contributed by atoms with Crippen molar-refractivity contribution >= 4 is 11.9 Å². The molecule has 2 rings (SSSR count). The van der Waals surface area contributed by atoms with E-state index in [2.05, 4.69) is 5.32 Å². The summed E-state index contributed by atoms with van der Waals surface area (Å²) in [6.45, 7) is 1.63. The van der Waals surface area contributed by atoms with Crippen molar-refractivity contribution in [2.24, 2.45) is 0 Å². The van der Waals surface area contributed by atoms with Crippen LogP contribution < -0.4 is 5.32 Å². The molecule has 138 valence electrons. The van der Waals surface area contributed by atoms with Crippen molar-refractivity contribution in [3.05, 3.63) is 71.8 Å². The van der Waals surface area contributed by atoms with Crippen LogP contribution in [0.3, 0.4) is 0 Å².